The van der Waals surface area contributed by atoms with Gasteiger partial charge in [0, 0.05) is 22.6 Å². The third-order valence-electron chi connectivity index (χ3n) is 6.75. The normalized spacial score (nSPS) is 18.6. The van der Waals surface area contributed by atoms with E-state index in [1.165, 1.54) is 23.8 Å². The number of methoxy groups -OCH3 is 1. The number of aromatic nitrogens is 2. The van der Waals surface area contributed by atoms with E-state index in [0.29, 0.717) is 28.0 Å². The van der Waals surface area contributed by atoms with E-state index in [-0.39, 0.29) is 48.0 Å². The second-order valence-corrected chi connectivity index (χ2v) is 9.28. The number of pyridine rings is 2. The number of cyclic esters (lactones) is 1. The average Bonchev–Trinajstić information content (AvgIpc) is 3.19. The fourth-order valence-corrected chi connectivity index (χ4v) is 4.95. The number of halogens is 3. The minimum Gasteiger partial charge on any atom is -0.496 e. The predicted molar refractivity (Wildman–Crippen MR) is 125 cm³/mol. The van der Waals surface area contributed by atoms with Crippen LogP contribution in [0.4, 0.5) is 18.9 Å². The quantitative estimate of drug-likeness (QED) is 0.407. The number of aliphatic hydroxyl groups is 1. The highest BCUT2D eigenvalue weighted by Gasteiger charge is 2.45. The molecule has 0 spiro atoms. The van der Waals surface area contributed by atoms with Crippen molar-refractivity contribution in [3.8, 4) is 17.1 Å². The zero-order valence-electron chi connectivity index (χ0n) is 20.0. The maximum atomic E-state index is 13.7. The van der Waals surface area contributed by atoms with E-state index in [0.717, 1.165) is 6.07 Å². The molecule has 0 aliphatic carbocycles. The van der Waals surface area contributed by atoms with Crippen LogP contribution < -0.4 is 15.6 Å². The molecule has 1 atom stereocenters. The van der Waals surface area contributed by atoms with Crippen molar-refractivity contribution in [2.75, 3.05) is 12.4 Å². The van der Waals surface area contributed by atoms with E-state index < -0.39 is 28.9 Å². The second-order valence-electron chi connectivity index (χ2n) is 9.28. The van der Waals surface area contributed by atoms with Crippen LogP contribution in [0, 0.1) is 0 Å². The molecule has 5 rings (SSSR count). The van der Waals surface area contributed by atoms with Gasteiger partial charge >= 0.3 is 12.1 Å². The van der Waals surface area contributed by atoms with Crippen LogP contribution in [0.5, 0.6) is 5.75 Å². The summed E-state index contributed by atoms with van der Waals surface area (Å²) in [5, 5.41) is 14.8. The lowest BCUT2D eigenvalue weighted by molar-refractivity contribution is -0.172. The number of nitrogens with zero attached hydrogens (tertiary/aromatic N) is 2. The number of carbonyl (C=O) groups is 1. The minimum absolute atomic E-state index is 0.0192. The molecule has 3 aromatic rings. The summed E-state index contributed by atoms with van der Waals surface area (Å²) in [6.45, 7) is 5.20. The molecule has 2 N–H and O–H groups in total. The molecule has 2 aliphatic rings. The van der Waals surface area contributed by atoms with Crippen LogP contribution in [0.15, 0.2) is 23.0 Å². The molecule has 0 fully saturated rings. The van der Waals surface area contributed by atoms with Crippen molar-refractivity contribution in [1.82, 2.24) is 9.55 Å². The molecule has 4 heterocycles. The van der Waals surface area contributed by atoms with Crippen LogP contribution in [-0.4, -0.2) is 33.8 Å². The summed E-state index contributed by atoms with van der Waals surface area (Å²) in [6, 6.07) is 3.67. The Hall–Kier alpha value is -3.60. The van der Waals surface area contributed by atoms with E-state index >= 15 is 0 Å². The van der Waals surface area contributed by atoms with Crippen molar-refractivity contribution in [3.05, 3.63) is 50.8 Å². The Kier molecular flexibility index (Phi) is 5.33. The number of rotatable bonds is 4. The Morgan fingerprint density at radius 3 is 2.58 bits per heavy atom. The Bertz CT molecular complexity index is 1500. The number of anilines is 1. The molecule has 0 saturated carbocycles. The summed E-state index contributed by atoms with van der Waals surface area (Å²) in [6.07, 6.45) is -4.69. The summed E-state index contributed by atoms with van der Waals surface area (Å²) >= 11 is 0. The molecule has 8 nitrogen and oxygen atoms in total. The molecule has 0 bridgehead atoms. The van der Waals surface area contributed by atoms with Gasteiger partial charge in [-0.15, -0.1) is 0 Å². The van der Waals surface area contributed by atoms with E-state index in [2.05, 4.69) is 10.3 Å². The first-order valence-corrected chi connectivity index (χ1v) is 11.5. The number of carbonyl (C=O) groups excluding carboxylic acids is 1. The van der Waals surface area contributed by atoms with Gasteiger partial charge in [0.15, 0.2) is 5.60 Å². The third kappa shape index (κ3) is 3.36. The first-order chi connectivity index (χ1) is 16.9. The number of hydrogen-bond acceptors (Lipinski definition) is 7. The third-order valence-corrected chi connectivity index (χ3v) is 6.75. The molecular weight excluding hydrogens is 479 g/mol. The fourth-order valence-electron chi connectivity index (χ4n) is 4.95. The molecular formula is C25H24F3N3O5. The minimum atomic E-state index is -4.67. The van der Waals surface area contributed by atoms with E-state index in [1.54, 1.807) is 6.92 Å². The standard InChI is InChI=1S/C25H24F3N3O5/c1-5-24(34)15-8-18-21-13(9-31(18)22(32)14(15)10-36-23(24)33)20(29-11(2)3)12-6-19(35-4)16(25(26,27)28)7-17(12)30-21/h6-8,11,34H,5,9-10H2,1-4H3,(H,29,30)/t24-/m0/s1. The van der Waals surface area contributed by atoms with Crippen molar-refractivity contribution in [1.29, 1.82) is 0 Å². The van der Waals surface area contributed by atoms with Crippen LogP contribution in [-0.2, 0) is 34.5 Å². The van der Waals surface area contributed by atoms with Crippen LogP contribution in [0.3, 0.4) is 0 Å². The fraction of sp³-hybridized carbons (Fsp3) is 0.400. The van der Waals surface area contributed by atoms with Gasteiger partial charge < -0.3 is 24.5 Å². The van der Waals surface area contributed by atoms with Gasteiger partial charge in [0.25, 0.3) is 5.56 Å². The van der Waals surface area contributed by atoms with Crippen LogP contribution in [0.2, 0.25) is 0 Å². The first-order valence-electron chi connectivity index (χ1n) is 11.5. The van der Waals surface area contributed by atoms with Crippen molar-refractivity contribution in [2.24, 2.45) is 0 Å². The zero-order valence-corrected chi connectivity index (χ0v) is 20.0. The van der Waals surface area contributed by atoms with Gasteiger partial charge in [0.05, 0.1) is 47.4 Å². The average molecular weight is 503 g/mol. The maximum Gasteiger partial charge on any atom is 0.420 e. The van der Waals surface area contributed by atoms with Gasteiger partial charge in [-0.1, -0.05) is 6.92 Å². The summed E-state index contributed by atoms with van der Waals surface area (Å²) in [5.41, 5.74) is -1.28. The number of nitrogens with one attached hydrogen (secondary N) is 1. The number of benzene rings is 1. The van der Waals surface area contributed by atoms with Gasteiger partial charge in [0.1, 0.15) is 12.4 Å². The number of alkyl halides is 3. The zero-order chi connectivity index (χ0) is 26.2. The summed E-state index contributed by atoms with van der Waals surface area (Å²) in [7, 11) is 1.17. The highest BCUT2D eigenvalue weighted by atomic mass is 19.4. The Labute approximate surface area is 203 Å². The maximum absolute atomic E-state index is 13.7. The van der Waals surface area contributed by atoms with Gasteiger partial charge in [-0.2, -0.15) is 13.2 Å². The Morgan fingerprint density at radius 2 is 1.97 bits per heavy atom. The first kappa shape index (κ1) is 24.1. The smallest absolute Gasteiger partial charge is 0.420 e. The summed E-state index contributed by atoms with van der Waals surface area (Å²) in [5.74, 6) is -1.19. The van der Waals surface area contributed by atoms with Crippen molar-refractivity contribution < 1.29 is 32.5 Å². The lowest BCUT2D eigenvalue weighted by Gasteiger charge is -2.31. The highest BCUT2D eigenvalue weighted by Crippen LogP contribution is 2.45. The van der Waals surface area contributed by atoms with Gasteiger partial charge in [-0.25, -0.2) is 9.78 Å². The van der Waals surface area contributed by atoms with Crippen molar-refractivity contribution in [3.63, 3.8) is 0 Å². The monoisotopic (exact) mass is 503 g/mol. The van der Waals surface area contributed by atoms with Gasteiger partial charge in [-0.05, 0) is 38.5 Å². The molecule has 1 aromatic carbocycles. The molecule has 0 radical (unpaired) electrons. The number of esters is 1. The van der Waals surface area contributed by atoms with E-state index in [4.69, 9.17) is 9.47 Å². The largest absolute Gasteiger partial charge is 0.496 e. The van der Waals surface area contributed by atoms with Crippen molar-refractivity contribution >= 4 is 22.6 Å². The van der Waals surface area contributed by atoms with E-state index in [1.807, 2.05) is 13.8 Å². The summed E-state index contributed by atoms with van der Waals surface area (Å²) < 4.78 is 52.8. The predicted octanol–water partition coefficient (Wildman–Crippen LogP) is 3.93. The number of hydrogen-bond donors (Lipinski definition) is 2. The van der Waals surface area contributed by atoms with Crippen molar-refractivity contribution in [2.45, 2.75) is 58.2 Å². The molecule has 2 aliphatic heterocycles. The molecule has 0 saturated heterocycles. The van der Waals surface area contributed by atoms with Crippen LogP contribution >= 0.6 is 0 Å². The molecule has 0 amide bonds. The Morgan fingerprint density at radius 1 is 1.25 bits per heavy atom. The lowest BCUT2D eigenvalue weighted by Crippen LogP contribution is -2.44. The molecule has 2 aromatic heterocycles. The molecule has 11 heteroatoms. The highest BCUT2D eigenvalue weighted by molar-refractivity contribution is 5.98. The number of fused-ring (bicyclic) bond motifs is 5. The Balaban J connectivity index is 1.84. The van der Waals surface area contributed by atoms with Gasteiger partial charge in [0.2, 0.25) is 0 Å². The number of ether oxygens (including phenoxy) is 2. The molecule has 36 heavy (non-hydrogen) atoms. The van der Waals surface area contributed by atoms with Gasteiger partial charge in [-0.3, -0.25) is 4.79 Å². The van der Waals surface area contributed by atoms with Crippen LogP contribution in [0.1, 0.15) is 49.4 Å². The van der Waals surface area contributed by atoms with E-state index in [9.17, 15) is 27.9 Å². The molecule has 0 unspecified atom stereocenters. The second kappa shape index (κ2) is 7.95. The lowest BCUT2D eigenvalue weighted by atomic mass is 9.86. The topological polar surface area (TPSA) is 103 Å². The summed E-state index contributed by atoms with van der Waals surface area (Å²) in [4.78, 5) is 30.4. The van der Waals surface area contributed by atoms with Crippen LogP contribution in [0.25, 0.3) is 22.3 Å². The SMILES string of the molecule is CC[C@@]1(O)C(=O)OCc2c1cc1n(c2=O)Cc2c-1nc1cc(C(F)(F)F)c(OC)cc1c2NC(C)C. The molecule has 190 valence electrons.